The van der Waals surface area contributed by atoms with E-state index < -0.39 is 24.2 Å². The van der Waals surface area contributed by atoms with Crippen molar-refractivity contribution < 1.29 is 33.3 Å². The number of nitrogens with zero attached hydrogens (tertiary/aromatic N) is 3. The van der Waals surface area contributed by atoms with Gasteiger partial charge in [0.1, 0.15) is 11.5 Å². The summed E-state index contributed by atoms with van der Waals surface area (Å²) in [6.45, 7) is 5.49. The van der Waals surface area contributed by atoms with E-state index in [0.717, 1.165) is 16.5 Å². The SMILES string of the molecule is CCOC(=O)C1c2c(ccc3ccc(OC)cc23)O[C@@H](C(=O)OCC)N1c1ccc(N2N=C(C)CC2=O)cc1. The molecule has 0 N–H and O–H groups in total. The van der Waals surface area contributed by atoms with E-state index in [-0.39, 0.29) is 25.5 Å². The Morgan fingerprint density at radius 1 is 0.974 bits per heavy atom. The van der Waals surface area contributed by atoms with Crippen molar-refractivity contribution in [3.8, 4) is 11.5 Å². The quantitative estimate of drug-likeness (QED) is 0.414. The monoisotopic (exact) mass is 531 g/mol. The van der Waals surface area contributed by atoms with Crippen molar-refractivity contribution in [1.29, 1.82) is 0 Å². The van der Waals surface area contributed by atoms with Gasteiger partial charge in [0.25, 0.3) is 12.1 Å². The molecule has 2 aliphatic heterocycles. The van der Waals surface area contributed by atoms with E-state index >= 15 is 0 Å². The maximum Gasteiger partial charge on any atom is 0.369 e. The molecule has 1 unspecified atom stereocenters. The molecule has 10 nitrogen and oxygen atoms in total. The van der Waals surface area contributed by atoms with Crippen LogP contribution >= 0.6 is 0 Å². The zero-order valence-electron chi connectivity index (χ0n) is 22.2. The Hall–Kier alpha value is -4.60. The highest BCUT2D eigenvalue weighted by atomic mass is 16.6. The van der Waals surface area contributed by atoms with E-state index in [1.165, 1.54) is 5.01 Å². The molecule has 39 heavy (non-hydrogen) atoms. The summed E-state index contributed by atoms with van der Waals surface area (Å²) in [5, 5.41) is 7.22. The lowest BCUT2D eigenvalue weighted by atomic mass is 9.94. The number of esters is 2. The van der Waals surface area contributed by atoms with Crippen LogP contribution in [0.3, 0.4) is 0 Å². The van der Waals surface area contributed by atoms with Crippen LogP contribution in [-0.2, 0) is 23.9 Å². The molecule has 0 radical (unpaired) electrons. The van der Waals surface area contributed by atoms with Crippen LogP contribution < -0.4 is 19.4 Å². The maximum atomic E-state index is 13.7. The van der Waals surface area contributed by atoms with E-state index in [9.17, 15) is 14.4 Å². The molecule has 0 bridgehead atoms. The Morgan fingerprint density at radius 3 is 2.28 bits per heavy atom. The third kappa shape index (κ3) is 4.73. The topological polar surface area (TPSA) is 107 Å². The van der Waals surface area contributed by atoms with Crippen molar-refractivity contribution in [2.75, 3.05) is 30.2 Å². The minimum atomic E-state index is -1.27. The Labute approximate surface area is 225 Å². The number of hydrogen-bond donors (Lipinski definition) is 0. The van der Waals surface area contributed by atoms with Crippen LogP contribution in [-0.4, -0.2) is 50.1 Å². The van der Waals surface area contributed by atoms with Gasteiger partial charge in [0.05, 0.1) is 32.4 Å². The molecule has 0 fully saturated rings. The molecular weight excluding hydrogens is 502 g/mol. The molecule has 0 spiro atoms. The highest BCUT2D eigenvalue weighted by Gasteiger charge is 2.46. The van der Waals surface area contributed by atoms with Gasteiger partial charge in [0.15, 0.2) is 6.04 Å². The van der Waals surface area contributed by atoms with Crippen molar-refractivity contribution in [3.63, 3.8) is 0 Å². The molecule has 5 rings (SSSR count). The first kappa shape index (κ1) is 26.0. The summed E-state index contributed by atoms with van der Waals surface area (Å²) in [6.07, 6.45) is -1.01. The number of methoxy groups -OCH3 is 1. The van der Waals surface area contributed by atoms with Crippen LogP contribution in [0.25, 0.3) is 10.8 Å². The Morgan fingerprint density at radius 2 is 1.64 bits per heavy atom. The second-order valence-electron chi connectivity index (χ2n) is 9.08. The summed E-state index contributed by atoms with van der Waals surface area (Å²) < 4.78 is 22.5. The van der Waals surface area contributed by atoms with Crippen molar-refractivity contribution >= 4 is 45.7 Å². The first-order valence-corrected chi connectivity index (χ1v) is 12.7. The van der Waals surface area contributed by atoms with Gasteiger partial charge in [0.2, 0.25) is 0 Å². The third-order valence-electron chi connectivity index (χ3n) is 6.58. The lowest BCUT2D eigenvalue weighted by Gasteiger charge is -2.42. The first-order chi connectivity index (χ1) is 18.9. The highest BCUT2D eigenvalue weighted by Crippen LogP contribution is 2.45. The van der Waals surface area contributed by atoms with Gasteiger partial charge in [-0.2, -0.15) is 5.10 Å². The average molecular weight is 532 g/mol. The van der Waals surface area contributed by atoms with Crippen molar-refractivity contribution in [3.05, 3.63) is 60.2 Å². The minimum absolute atomic E-state index is 0.131. The van der Waals surface area contributed by atoms with Crippen molar-refractivity contribution in [1.82, 2.24) is 0 Å². The van der Waals surface area contributed by atoms with Gasteiger partial charge in [0, 0.05) is 17.0 Å². The molecular formula is C29H29N3O7. The number of fused-ring (bicyclic) bond motifs is 3. The van der Waals surface area contributed by atoms with Crippen LogP contribution in [0, 0.1) is 0 Å². The fraction of sp³-hybridized carbons (Fsp3) is 0.310. The van der Waals surface area contributed by atoms with Crippen molar-refractivity contribution in [2.24, 2.45) is 5.10 Å². The number of carbonyl (C=O) groups is 3. The molecule has 0 aromatic heterocycles. The van der Waals surface area contributed by atoms with E-state index in [1.54, 1.807) is 63.1 Å². The number of ether oxygens (including phenoxy) is 4. The van der Waals surface area contributed by atoms with Gasteiger partial charge < -0.3 is 23.8 Å². The average Bonchev–Trinajstić information content (AvgIpc) is 3.29. The number of hydrazone groups is 1. The molecule has 2 atom stereocenters. The largest absolute Gasteiger partial charge is 0.497 e. The van der Waals surface area contributed by atoms with Gasteiger partial charge in [-0.15, -0.1) is 0 Å². The summed E-state index contributed by atoms with van der Waals surface area (Å²) in [5.41, 5.74) is 2.32. The molecule has 3 aromatic rings. The predicted molar refractivity (Wildman–Crippen MR) is 145 cm³/mol. The first-order valence-electron chi connectivity index (χ1n) is 12.7. The predicted octanol–water partition coefficient (Wildman–Crippen LogP) is 4.35. The summed E-state index contributed by atoms with van der Waals surface area (Å²) >= 11 is 0. The zero-order valence-corrected chi connectivity index (χ0v) is 22.2. The molecule has 0 aliphatic carbocycles. The number of carbonyl (C=O) groups excluding carboxylic acids is 3. The van der Waals surface area contributed by atoms with Gasteiger partial charge >= 0.3 is 11.9 Å². The fourth-order valence-electron chi connectivity index (χ4n) is 4.90. The van der Waals surface area contributed by atoms with Crippen LogP contribution in [0.4, 0.5) is 11.4 Å². The summed E-state index contributed by atoms with van der Waals surface area (Å²) in [4.78, 5) is 40.8. The normalized spacial score (nSPS) is 18.4. The van der Waals surface area contributed by atoms with E-state index in [1.807, 2.05) is 24.3 Å². The second kappa shape index (κ2) is 10.6. The lowest BCUT2D eigenvalue weighted by molar-refractivity contribution is -0.154. The van der Waals surface area contributed by atoms with E-state index in [2.05, 4.69) is 5.10 Å². The van der Waals surface area contributed by atoms with Gasteiger partial charge in [-0.3, -0.25) is 4.79 Å². The number of hydrogen-bond acceptors (Lipinski definition) is 9. The van der Waals surface area contributed by atoms with E-state index in [0.29, 0.717) is 28.4 Å². The highest BCUT2D eigenvalue weighted by molar-refractivity contribution is 6.12. The third-order valence-corrected chi connectivity index (χ3v) is 6.58. The number of amides is 1. The minimum Gasteiger partial charge on any atom is -0.497 e. The molecule has 2 heterocycles. The van der Waals surface area contributed by atoms with Crippen LogP contribution in [0.2, 0.25) is 0 Å². The number of anilines is 2. The van der Waals surface area contributed by atoms with Gasteiger partial charge in [-0.25, -0.2) is 14.6 Å². The maximum absolute atomic E-state index is 13.7. The zero-order chi connectivity index (χ0) is 27.7. The van der Waals surface area contributed by atoms with Crippen LogP contribution in [0.5, 0.6) is 11.5 Å². The van der Waals surface area contributed by atoms with Crippen LogP contribution in [0.1, 0.15) is 38.8 Å². The molecule has 10 heteroatoms. The molecule has 0 saturated heterocycles. The molecule has 2 aliphatic rings. The van der Waals surface area contributed by atoms with Gasteiger partial charge in [-0.05, 0) is 74.0 Å². The molecule has 0 saturated carbocycles. The lowest BCUT2D eigenvalue weighted by Crippen LogP contribution is -2.53. The summed E-state index contributed by atoms with van der Waals surface area (Å²) in [5.74, 6) is -0.363. The van der Waals surface area contributed by atoms with Crippen molar-refractivity contribution in [2.45, 2.75) is 39.5 Å². The van der Waals surface area contributed by atoms with E-state index in [4.69, 9.17) is 18.9 Å². The Bertz CT molecular complexity index is 1470. The standard InChI is InChI=1S/C29H29N3O7/c1-5-37-28(34)26-25-22-16-21(36-4)13-7-18(22)8-14-23(25)39-27(29(35)38-6-2)31(26)19-9-11-20(12-10-19)32-24(33)15-17(3)30-32/h7-14,16,26-27H,5-6,15H2,1-4H3/t26?,27-/m0/s1. The number of rotatable bonds is 7. The fourth-order valence-corrected chi connectivity index (χ4v) is 4.90. The molecule has 202 valence electrons. The van der Waals surface area contributed by atoms with Crippen LogP contribution in [0.15, 0.2) is 59.7 Å². The van der Waals surface area contributed by atoms with Gasteiger partial charge in [-0.1, -0.05) is 12.1 Å². The Kier molecular flexibility index (Phi) is 7.10. The Balaban J connectivity index is 1.68. The molecule has 1 amide bonds. The second-order valence-corrected chi connectivity index (χ2v) is 9.08. The molecule has 3 aromatic carbocycles. The smallest absolute Gasteiger partial charge is 0.369 e. The summed E-state index contributed by atoms with van der Waals surface area (Å²) in [7, 11) is 1.57. The summed E-state index contributed by atoms with van der Waals surface area (Å²) in [6, 6.07) is 15.0. The number of benzene rings is 3.